The zero-order valence-electron chi connectivity index (χ0n) is 6.87. The molecule has 0 amide bonds. The molecule has 0 radical (unpaired) electrons. The summed E-state index contributed by atoms with van der Waals surface area (Å²) in [4.78, 5) is 10.4. The first kappa shape index (κ1) is 10.4. The molecule has 4 heteroatoms. The van der Waals surface area contributed by atoms with Gasteiger partial charge < -0.3 is 14.6 Å². The van der Waals surface area contributed by atoms with Gasteiger partial charge in [-0.15, -0.1) is 0 Å². The van der Waals surface area contributed by atoms with Gasteiger partial charge in [0.25, 0.3) is 0 Å². The Morgan fingerprint density at radius 1 is 1.64 bits per heavy atom. The zero-order valence-corrected chi connectivity index (χ0v) is 6.87. The zero-order chi connectivity index (χ0) is 8.69. The first-order valence-electron chi connectivity index (χ1n) is 3.52. The highest BCUT2D eigenvalue weighted by Gasteiger charge is 2.03. The Hall–Kier alpha value is -0.610. The Balaban J connectivity index is 3.22. The van der Waals surface area contributed by atoms with E-state index in [1.165, 1.54) is 6.92 Å². The molecule has 0 aromatic heterocycles. The second-order valence-electron chi connectivity index (χ2n) is 2.22. The lowest BCUT2D eigenvalue weighted by Crippen LogP contribution is -2.19. The molecule has 0 spiro atoms. The van der Waals surface area contributed by atoms with Crippen LogP contribution >= 0.6 is 0 Å². The Bertz CT molecular complexity index is 113. The standard InChI is InChI=1S/C7H14O4/c1-6(11-7(2)9)5-10-4-3-8/h6,8H,3-5H2,1-2H3. The van der Waals surface area contributed by atoms with Gasteiger partial charge in [0.15, 0.2) is 0 Å². The van der Waals surface area contributed by atoms with Crippen molar-refractivity contribution in [1.82, 2.24) is 0 Å². The van der Waals surface area contributed by atoms with Crippen LogP contribution in [-0.2, 0) is 14.3 Å². The summed E-state index contributed by atoms with van der Waals surface area (Å²) in [6.45, 7) is 3.69. The summed E-state index contributed by atoms with van der Waals surface area (Å²) in [5.74, 6) is -0.315. The van der Waals surface area contributed by atoms with Crippen molar-refractivity contribution in [3.8, 4) is 0 Å². The summed E-state index contributed by atoms with van der Waals surface area (Å²) < 4.78 is 9.67. The van der Waals surface area contributed by atoms with Crippen LogP contribution in [0.15, 0.2) is 0 Å². The molecule has 0 aromatic rings. The van der Waals surface area contributed by atoms with Gasteiger partial charge in [0.05, 0.1) is 19.8 Å². The average molecular weight is 162 g/mol. The van der Waals surface area contributed by atoms with Crippen LogP contribution in [0.1, 0.15) is 13.8 Å². The second kappa shape index (κ2) is 6.12. The molecular formula is C7H14O4. The molecule has 0 rings (SSSR count). The summed E-state index contributed by atoms with van der Waals surface area (Å²) in [6, 6.07) is 0. The maximum absolute atomic E-state index is 10.4. The van der Waals surface area contributed by atoms with Gasteiger partial charge in [-0.25, -0.2) is 0 Å². The first-order valence-corrected chi connectivity index (χ1v) is 3.52. The largest absolute Gasteiger partial charge is 0.460 e. The fraction of sp³-hybridized carbons (Fsp3) is 0.857. The van der Waals surface area contributed by atoms with Crippen molar-refractivity contribution in [2.45, 2.75) is 20.0 Å². The van der Waals surface area contributed by atoms with E-state index in [1.54, 1.807) is 6.92 Å². The lowest BCUT2D eigenvalue weighted by Gasteiger charge is -2.10. The molecule has 1 unspecified atom stereocenters. The van der Waals surface area contributed by atoms with Crippen LogP contribution in [0.4, 0.5) is 0 Å². The number of carbonyl (C=O) groups excluding carboxylic acids is 1. The van der Waals surface area contributed by atoms with Crippen LogP contribution < -0.4 is 0 Å². The number of aliphatic hydroxyl groups excluding tert-OH is 1. The van der Waals surface area contributed by atoms with Crippen molar-refractivity contribution in [1.29, 1.82) is 0 Å². The number of hydrogen-bond donors (Lipinski definition) is 1. The summed E-state index contributed by atoms with van der Waals surface area (Å²) in [7, 11) is 0. The van der Waals surface area contributed by atoms with Gasteiger partial charge >= 0.3 is 5.97 Å². The number of ether oxygens (including phenoxy) is 2. The molecular weight excluding hydrogens is 148 g/mol. The Morgan fingerprint density at radius 3 is 2.73 bits per heavy atom. The first-order chi connectivity index (χ1) is 5.16. The van der Waals surface area contributed by atoms with E-state index in [1.807, 2.05) is 0 Å². The van der Waals surface area contributed by atoms with E-state index in [9.17, 15) is 4.79 Å². The minimum Gasteiger partial charge on any atom is -0.460 e. The van der Waals surface area contributed by atoms with Crippen LogP contribution in [0.25, 0.3) is 0 Å². The highest BCUT2D eigenvalue weighted by molar-refractivity contribution is 5.66. The van der Waals surface area contributed by atoms with E-state index in [0.29, 0.717) is 6.61 Å². The monoisotopic (exact) mass is 162 g/mol. The van der Waals surface area contributed by atoms with Crippen LogP contribution in [0.5, 0.6) is 0 Å². The summed E-state index contributed by atoms with van der Waals surface area (Å²) in [6.07, 6.45) is -0.237. The molecule has 0 aliphatic rings. The molecule has 4 nitrogen and oxygen atoms in total. The van der Waals surface area contributed by atoms with Gasteiger partial charge in [-0.1, -0.05) is 0 Å². The van der Waals surface area contributed by atoms with Crippen molar-refractivity contribution in [3.63, 3.8) is 0 Å². The minimum atomic E-state index is -0.315. The fourth-order valence-corrected chi connectivity index (χ4v) is 0.631. The van der Waals surface area contributed by atoms with E-state index >= 15 is 0 Å². The molecule has 0 heterocycles. The maximum Gasteiger partial charge on any atom is 0.302 e. The van der Waals surface area contributed by atoms with Gasteiger partial charge in [0.1, 0.15) is 6.10 Å². The number of esters is 1. The van der Waals surface area contributed by atoms with Gasteiger partial charge in [0, 0.05) is 6.92 Å². The van der Waals surface area contributed by atoms with Gasteiger partial charge in [0.2, 0.25) is 0 Å². The quantitative estimate of drug-likeness (QED) is 0.454. The SMILES string of the molecule is CC(=O)OC(C)COCCO. The van der Waals surface area contributed by atoms with E-state index in [0.717, 1.165) is 0 Å². The molecule has 0 fully saturated rings. The van der Waals surface area contributed by atoms with Crippen molar-refractivity contribution in [3.05, 3.63) is 0 Å². The molecule has 0 saturated carbocycles. The highest BCUT2D eigenvalue weighted by atomic mass is 16.6. The predicted octanol–water partition coefficient (Wildman–Crippen LogP) is -0.0531. The second-order valence-corrected chi connectivity index (χ2v) is 2.22. The van der Waals surface area contributed by atoms with Crippen molar-refractivity contribution < 1.29 is 19.4 Å². The molecule has 11 heavy (non-hydrogen) atoms. The molecule has 0 aliphatic heterocycles. The number of aliphatic hydroxyl groups is 1. The normalized spacial score (nSPS) is 12.6. The van der Waals surface area contributed by atoms with Crippen LogP contribution in [0.2, 0.25) is 0 Å². The Labute approximate surface area is 66.1 Å². The van der Waals surface area contributed by atoms with E-state index < -0.39 is 0 Å². The summed E-state index contributed by atoms with van der Waals surface area (Å²) in [5, 5.41) is 8.33. The van der Waals surface area contributed by atoms with E-state index in [-0.39, 0.29) is 25.3 Å². The van der Waals surface area contributed by atoms with Crippen molar-refractivity contribution in [2.75, 3.05) is 19.8 Å². The van der Waals surface area contributed by atoms with Crippen LogP contribution in [0, 0.1) is 0 Å². The molecule has 0 bridgehead atoms. The number of hydrogen-bond acceptors (Lipinski definition) is 4. The predicted molar refractivity (Wildman–Crippen MR) is 39.1 cm³/mol. The number of rotatable bonds is 5. The van der Waals surface area contributed by atoms with Crippen molar-refractivity contribution >= 4 is 5.97 Å². The smallest absolute Gasteiger partial charge is 0.302 e. The minimum absolute atomic E-state index is 0.00715. The lowest BCUT2D eigenvalue weighted by molar-refractivity contribution is -0.148. The number of carbonyl (C=O) groups is 1. The lowest BCUT2D eigenvalue weighted by atomic mass is 10.4. The Morgan fingerprint density at radius 2 is 2.27 bits per heavy atom. The third-order valence-electron chi connectivity index (χ3n) is 0.955. The molecule has 0 aromatic carbocycles. The highest BCUT2D eigenvalue weighted by Crippen LogP contribution is 1.91. The summed E-state index contributed by atoms with van der Waals surface area (Å²) in [5.41, 5.74) is 0. The fourth-order valence-electron chi connectivity index (χ4n) is 0.631. The van der Waals surface area contributed by atoms with Gasteiger partial charge in [-0.3, -0.25) is 4.79 Å². The van der Waals surface area contributed by atoms with Gasteiger partial charge in [-0.05, 0) is 6.92 Å². The van der Waals surface area contributed by atoms with Crippen molar-refractivity contribution in [2.24, 2.45) is 0 Å². The van der Waals surface area contributed by atoms with E-state index in [2.05, 4.69) is 0 Å². The molecule has 1 N–H and O–H groups in total. The molecule has 0 saturated heterocycles. The third-order valence-corrected chi connectivity index (χ3v) is 0.955. The molecule has 66 valence electrons. The molecule has 1 atom stereocenters. The average Bonchev–Trinajstić information content (AvgIpc) is 1.86. The van der Waals surface area contributed by atoms with Gasteiger partial charge in [-0.2, -0.15) is 0 Å². The van der Waals surface area contributed by atoms with Crippen LogP contribution in [-0.4, -0.2) is 37.0 Å². The van der Waals surface area contributed by atoms with Crippen LogP contribution in [0.3, 0.4) is 0 Å². The third kappa shape index (κ3) is 7.29. The Kier molecular flexibility index (Phi) is 5.78. The summed E-state index contributed by atoms with van der Waals surface area (Å²) >= 11 is 0. The molecule has 0 aliphatic carbocycles. The maximum atomic E-state index is 10.4. The van der Waals surface area contributed by atoms with E-state index in [4.69, 9.17) is 14.6 Å². The topological polar surface area (TPSA) is 55.8 Å².